The molecule has 0 saturated carbocycles. The molecule has 0 aromatic heterocycles. The molecule has 0 radical (unpaired) electrons. The van der Waals surface area contributed by atoms with Crippen molar-refractivity contribution >= 4 is 10.8 Å². The Morgan fingerprint density at radius 2 is 1.90 bits per heavy atom. The van der Waals surface area contributed by atoms with Gasteiger partial charge in [-0.05, 0) is 49.9 Å². The highest BCUT2D eigenvalue weighted by atomic mass is 16.5. The van der Waals surface area contributed by atoms with Crippen LogP contribution in [0.1, 0.15) is 45.1 Å². The summed E-state index contributed by atoms with van der Waals surface area (Å²) >= 11 is 0. The van der Waals surface area contributed by atoms with E-state index in [0.717, 1.165) is 12.8 Å². The van der Waals surface area contributed by atoms with E-state index in [0.29, 0.717) is 5.92 Å². The van der Waals surface area contributed by atoms with Crippen molar-refractivity contribution in [1.29, 1.82) is 0 Å². The molecule has 0 spiro atoms. The summed E-state index contributed by atoms with van der Waals surface area (Å²) in [4.78, 5) is 0. The Hall–Kier alpha value is -1.60. The van der Waals surface area contributed by atoms with E-state index >= 15 is 0 Å². The predicted molar refractivity (Wildman–Crippen MR) is 89.7 cm³/mol. The minimum atomic E-state index is 0.00901. The van der Waals surface area contributed by atoms with E-state index in [1.54, 1.807) is 0 Å². The molecule has 1 fully saturated rings. The van der Waals surface area contributed by atoms with Gasteiger partial charge in [-0.15, -0.1) is 0 Å². The van der Waals surface area contributed by atoms with Gasteiger partial charge in [0, 0.05) is 5.92 Å². The zero-order valence-corrected chi connectivity index (χ0v) is 13.2. The molecule has 2 aromatic carbocycles. The first-order valence-corrected chi connectivity index (χ1v) is 7.89. The Bertz CT molecular complexity index is 648. The average molecular weight is 280 g/mol. The van der Waals surface area contributed by atoms with E-state index in [2.05, 4.69) is 75.4 Å². The minimum Gasteiger partial charge on any atom is -0.371 e. The molecular formula is C20H24O. The molecule has 0 aliphatic carbocycles. The van der Waals surface area contributed by atoms with Crippen LogP contribution in [0.3, 0.4) is 0 Å². The van der Waals surface area contributed by atoms with E-state index in [9.17, 15) is 0 Å². The molecule has 0 amide bonds. The lowest BCUT2D eigenvalue weighted by Crippen LogP contribution is -2.23. The van der Waals surface area contributed by atoms with Crippen molar-refractivity contribution in [1.82, 2.24) is 0 Å². The molecule has 1 aliphatic rings. The number of rotatable bonds is 3. The number of allylic oxidation sites excluding steroid dienone is 1. The summed E-state index contributed by atoms with van der Waals surface area (Å²) in [6.45, 7) is 6.49. The number of benzene rings is 2. The number of hydrogen-bond acceptors (Lipinski definition) is 1. The van der Waals surface area contributed by atoms with Gasteiger partial charge >= 0.3 is 0 Å². The van der Waals surface area contributed by atoms with Gasteiger partial charge in [0.25, 0.3) is 0 Å². The Morgan fingerprint density at radius 1 is 1.14 bits per heavy atom. The van der Waals surface area contributed by atoms with Crippen LogP contribution in [0.4, 0.5) is 0 Å². The lowest BCUT2D eigenvalue weighted by molar-refractivity contribution is -0.0205. The van der Waals surface area contributed by atoms with Crippen LogP contribution in [0.15, 0.2) is 54.6 Å². The molecule has 1 aliphatic heterocycles. The van der Waals surface area contributed by atoms with Crippen LogP contribution in [-0.4, -0.2) is 11.7 Å². The molecule has 0 unspecified atom stereocenters. The maximum Gasteiger partial charge on any atom is 0.0686 e. The molecule has 2 atom stereocenters. The third-order valence-corrected chi connectivity index (χ3v) is 4.48. The molecule has 1 nitrogen and oxygen atoms in total. The van der Waals surface area contributed by atoms with Gasteiger partial charge in [0.15, 0.2) is 0 Å². The first kappa shape index (κ1) is 14.3. The Labute approximate surface area is 127 Å². The first-order valence-electron chi connectivity index (χ1n) is 7.89. The van der Waals surface area contributed by atoms with Gasteiger partial charge in [0.05, 0.1) is 11.7 Å². The van der Waals surface area contributed by atoms with E-state index in [-0.39, 0.29) is 11.7 Å². The molecule has 3 rings (SSSR count). The first-order chi connectivity index (χ1) is 10.1. The van der Waals surface area contributed by atoms with Gasteiger partial charge in [0.2, 0.25) is 0 Å². The van der Waals surface area contributed by atoms with E-state index in [4.69, 9.17) is 4.74 Å². The molecule has 1 heterocycles. The van der Waals surface area contributed by atoms with Crippen molar-refractivity contribution in [2.75, 3.05) is 0 Å². The maximum atomic E-state index is 6.32. The minimum absolute atomic E-state index is 0.00901. The second kappa shape index (κ2) is 5.65. The summed E-state index contributed by atoms with van der Waals surface area (Å²) in [6, 6.07) is 15.2. The summed E-state index contributed by atoms with van der Waals surface area (Å²) in [6.07, 6.45) is 7.00. The SMILES string of the molecule is C/C=C/[C@@H](c1cccc2ccccc12)[C@@H]1CCC(C)(C)O1. The molecule has 2 aromatic rings. The van der Waals surface area contributed by atoms with Gasteiger partial charge in [-0.25, -0.2) is 0 Å². The van der Waals surface area contributed by atoms with Crippen LogP contribution >= 0.6 is 0 Å². The van der Waals surface area contributed by atoms with E-state index < -0.39 is 0 Å². The summed E-state index contributed by atoms with van der Waals surface area (Å²) in [7, 11) is 0. The molecule has 1 saturated heterocycles. The lowest BCUT2D eigenvalue weighted by atomic mass is 9.87. The highest BCUT2D eigenvalue weighted by molar-refractivity contribution is 5.86. The second-order valence-electron chi connectivity index (χ2n) is 6.57. The van der Waals surface area contributed by atoms with Crippen LogP contribution in [0.25, 0.3) is 10.8 Å². The van der Waals surface area contributed by atoms with Gasteiger partial charge in [0.1, 0.15) is 0 Å². The van der Waals surface area contributed by atoms with Crippen LogP contribution in [0, 0.1) is 0 Å². The fourth-order valence-corrected chi connectivity index (χ4v) is 3.45. The van der Waals surface area contributed by atoms with Crippen LogP contribution in [0.2, 0.25) is 0 Å². The molecule has 0 N–H and O–H groups in total. The molecular weight excluding hydrogens is 256 g/mol. The topological polar surface area (TPSA) is 9.23 Å². The van der Waals surface area contributed by atoms with Crippen LogP contribution in [-0.2, 0) is 4.74 Å². The largest absolute Gasteiger partial charge is 0.371 e. The fraction of sp³-hybridized carbons (Fsp3) is 0.400. The lowest BCUT2D eigenvalue weighted by Gasteiger charge is -2.25. The van der Waals surface area contributed by atoms with Gasteiger partial charge < -0.3 is 4.74 Å². The van der Waals surface area contributed by atoms with Gasteiger partial charge in [-0.2, -0.15) is 0 Å². The quantitative estimate of drug-likeness (QED) is 0.679. The number of fused-ring (bicyclic) bond motifs is 1. The van der Waals surface area contributed by atoms with Crippen molar-refractivity contribution in [3.63, 3.8) is 0 Å². The van der Waals surface area contributed by atoms with Crippen molar-refractivity contribution in [2.24, 2.45) is 0 Å². The summed E-state index contributed by atoms with van der Waals surface area (Å²) in [5.41, 5.74) is 1.39. The van der Waals surface area contributed by atoms with E-state index in [1.165, 1.54) is 16.3 Å². The molecule has 110 valence electrons. The smallest absolute Gasteiger partial charge is 0.0686 e. The summed E-state index contributed by atoms with van der Waals surface area (Å²) < 4.78 is 6.32. The molecule has 21 heavy (non-hydrogen) atoms. The van der Waals surface area contributed by atoms with Crippen LogP contribution < -0.4 is 0 Å². The Kier molecular flexibility index (Phi) is 3.86. The molecule has 1 heteroatoms. The monoisotopic (exact) mass is 280 g/mol. The van der Waals surface area contributed by atoms with Crippen molar-refractivity contribution in [3.05, 3.63) is 60.2 Å². The van der Waals surface area contributed by atoms with E-state index in [1.807, 2.05) is 0 Å². The zero-order chi connectivity index (χ0) is 14.9. The molecule has 0 bridgehead atoms. The summed E-state index contributed by atoms with van der Waals surface area (Å²) in [5, 5.41) is 2.65. The third-order valence-electron chi connectivity index (χ3n) is 4.48. The maximum absolute atomic E-state index is 6.32. The predicted octanol–water partition coefficient (Wildman–Crippen LogP) is 5.46. The highest BCUT2D eigenvalue weighted by Gasteiger charge is 2.36. The Morgan fingerprint density at radius 3 is 2.62 bits per heavy atom. The van der Waals surface area contributed by atoms with Crippen molar-refractivity contribution in [2.45, 2.75) is 51.2 Å². The van der Waals surface area contributed by atoms with Gasteiger partial charge in [-0.3, -0.25) is 0 Å². The second-order valence-corrected chi connectivity index (χ2v) is 6.57. The third kappa shape index (κ3) is 2.89. The zero-order valence-electron chi connectivity index (χ0n) is 13.2. The van der Waals surface area contributed by atoms with Crippen molar-refractivity contribution < 1.29 is 4.74 Å². The Balaban J connectivity index is 2.04. The number of ether oxygens (including phenoxy) is 1. The van der Waals surface area contributed by atoms with Crippen molar-refractivity contribution in [3.8, 4) is 0 Å². The average Bonchev–Trinajstić information content (AvgIpc) is 2.84. The highest BCUT2D eigenvalue weighted by Crippen LogP contribution is 2.39. The summed E-state index contributed by atoms with van der Waals surface area (Å²) in [5.74, 6) is 0.336. The normalized spacial score (nSPS) is 22.9. The van der Waals surface area contributed by atoms with Gasteiger partial charge in [-0.1, -0.05) is 54.6 Å². The van der Waals surface area contributed by atoms with Crippen LogP contribution in [0.5, 0.6) is 0 Å². The number of hydrogen-bond donors (Lipinski definition) is 0. The standard InChI is InChI=1S/C20H24O/c1-4-8-18(19-13-14-20(2,3)21-19)17-12-7-10-15-9-5-6-11-16(15)17/h4-12,18-19H,13-14H2,1-3H3/b8-4+/t18-,19-/m0/s1. The fourth-order valence-electron chi connectivity index (χ4n) is 3.45.